The van der Waals surface area contributed by atoms with Crippen LogP contribution in [-0.4, -0.2) is 42.0 Å². The standard InChI is InChI=1S/C20H27NO3/c1-12-18-19(23)15-8-14(11-24-3)17(22)9-16(15)20(12,2)6-7-21(18)10-13-4-5-13/h8-9,12-13,18,22H,4-7,10-11H2,1-3H3/t12-,18-,20-/m0/s1. The maximum Gasteiger partial charge on any atom is 0.180 e. The second-order valence-electron chi connectivity index (χ2n) is 8.16. The lowest BCUT2D eigenvalue weighted by Gasteiger charge is -2.53. The van der Waals surface area contributed by atoms with Gasteiger partial charge in [-0.3, -0.25) is 9.69 Å². The molecule has 3 atom stereocenters. The summed E-state index contributed by atoms with van der Waals surface area (Å²) >= 11 is 0. The van der Waals surface area contributed by atoms with Crippen LogP contribution in [0.4, 0.5) is 0 Å². The zero-order valence-corrected chi connectivity index (χ0v) is 14.8. The molecule has 0 radical (unpaired) electrons. The highest BCUT2D eigenvalue weighted by Gasteiger charge is 2.53. The first-order valence-corrected chi connectivity index (χ1v) is 9.09. The molecule has 4 nitrogen and oxygen atoms in total. The number of aromatic hydroxyl groups is 1. The number of Topliss-reactive ketones (excluding diaryl/α,β-unsaturated/α-hetero) is 1. The number of fused-ring (bicyclic) bond motifs is 4. The topological polar surface area (TPSA) is 49.8 Å². The van der Waals surface area contributed by atoms with E-state index in [0.29, 0.717) is 12.2 Å². The van der Waals surface area contributed by atoms with Crippen LogP contribution >= 0.6 is 0 Å². The van der Waals surface area contributed by atoms with E-state index >= 15 is 0 Å². The zero-order valence-electron chi connectivity index (χ0n) is 14.8. The number of hydrogen-bond acceptors (Lipinski definition) is 4. The first-order chi connectivity index (χ1) is 11.5. The summed E-state index contributed by atoms with van der Waals surface area (Å²) in [6, 6.07) is 3.68. The highest BCUT2D eigenvalue weighted by Crippen LogP contribution is 2.50. The summed E-state index contributed by atoms with van der Waals surface area (Å²) in [6.45, 7) is 6.85. The molecule has 4 heteroatoms. The van der Waals surface area contributed by atoms with Crippen LogP contribution in [0, 0.1) is 11.8 Å². The van der Waals surface area contributed by atoms with Crippen molar-refractivity contribution in [1.29, 1.82) is 0 Å². The van der Waals surface area contributed by atoms with E-state index in [1.165, 1.54) is 12.8 Å². The fraction of sp³-hybridized carbons (Fsp3) is 0.650. The average molecular weight is 329 g/mol. The Balaban J connectivity index is 1.79. The molecule has 24 heavy (non-hydrogen) atoms. The number of piperidine rings is 1. The molecular weight excluding hydrogens is 302 g/mol. The van der Waals surface area contributed by atoms with Crippen LogP contribution in [0.1, 0.15) is 54.6 Å². The molecule has 130 valence electrons. The maximum atomic E-state index is 13.3. The number of rotatable bonds is 4. The number of nitrogens with zero attached hydrogens (tertiary/aromatic N) is 1. The van der Waals surface area contributed by atoms with Crippen LogP contribution in [0.15, 0.2) is 12.1 Å². The SMILES string of the molecule is COCc1cc2c(cc1O)[C@@]1(C)CCN(CC3CC3)[C@H](C2=O)[C@@H]1C. The summed E-state index contributed by atoms with van der Waals surface area (Å²) in [5.41, 5.74) is 2.48. The quantitative estimate of drug-likeness (QED) is 0.922. The van der Waals surface area contributed by atoms with Gasteiger partial charge >= 0.3 is 0 Å². The maximum absolute atomic E-state index is 13.3. The smallest absolute Gasteiger partial charge is 0.180 e. The fourth-order valence-corrected chi connectivity index (χ4v) is 4.76. The van der Waals surface area contributed by atoms with Gasteiger partial charge in [0.2, 0.25) is 0 Å². The largest absolute Gasteiger partial charge is 0.508 e. The molecule has 1 heterocycles. The van der Waals surface area contributed by atoms with Crippen LogP contribution in [0.25, 0.3) is 0 Å². The summed E-state index contributed by atoms with van der Waals surface area (Å²) in [5, 5.41) is 10.4. The Morgan fingerprint density at radius 3 is 2.79 bits per heavy atom. The van der Waals surface area contributed by atoms with E-state index < -0.39 is 0 Å². The minimum absolute atomic E-state index is 0.0169. The number of hydrogen-bond donors (Lipinski definition) is 1. The van der Waals surface area contributed by atoms with Crippen molar-refractivity contribution >= 4 is 5.78 Å². The zero-order chi connectivity index (χ0) is 17.1. The minimum Gasteiger partial charge on any atom is -0.508 e. The number of carbonyl (C=O) groups excluding carboxylic acids is 1. The molecule has 0 unspecified atom stereocenters. The Labute approximate surface area is 143 Å². The van der Waals surface area contributed by atoms with Gasteiger partial charge in [-0.15, -0.1) is 0 Å². The normalized spacial score (nSPS) is 32.7. The number of benzene rings is 1. The first kappa shape index (κ1) is 16.1. The van der Waals surface area contributed by atoms with E-state index in [9.17, 15) is 9.90 Å². The van der Waals surface area contributed by atoms with Crippen LogP contribution in [-0.2, 0) is 16.8 Å². The number of ether oxygens (including phenoxy) is 1. The van der Waals surface area contributed by atoms with Gasteiger partial charge in [0.15, 0.2) is 5.78 Å². The van der Waals surface area contributed by atoms with E-state index in [2.05, 4.69) is 18.7 Å². The Morgan fingerprint density at radius 2 is 2.12 bits per heavy atom. The molecule has 0 aromatic heterocycles. The Morgan fingerprint density at radius 1 is 1.38 bits per heavy atom. The minimum atomic E-state index is -0.0446. The highest BCUT2D eigenvalue weighted by molar-refractivity contribution is 6.04. The van der Waals surface area contributed by atoms with Crippen molar-refractivity contribution in [2.24, 2.45) is 11.8 Å². The summed E-state index contributed by atoms with van der Waals surface area (Å²) in [4.78, 5) is 15.7. The lowest BCUT2D eigenvalue weighted by atomic mass is 9.58. The Bertz CT molecular complexity index is 682. The van der Waals surface area contributed by atoms with Crippen LogP contribution in [0.3, 0.4) is 0 Å². The van der Waals surface area contributed by atoms with Gasteiger partial charge in [-0.2, -0.15) is 0 Å². The number of carbonyl (C=O) groups is 1. The molecule has 1 aliphatic heterocycles. The molecule has 1 N–H and O–H groups in total. The second kappa shape index (κ2) is 5.57. The predicted octanol–water partition coefficient (Wildman–Crippen LogP) is 3.11. The summed E-state index contributed by atoms with van der Waals surface area (Å²) in [6.07, 6.45) is 3.66. The van der Waals surface area contributed by atoms with Crippen molar-refractivity contribution in [2.75, 3.05) is 20.2 Å². The number of methoxy groups -OCH3 is 1. The van der Waals surface area contributed by atoms with Crippen LogP contribution in [0.5, 0.6) is 5.75 Å². The van der Waals surface area contributed by atoms with Crippen molar-refractivity contribution < 1.29 is 14.6 Å². The van der Waals surface area contributed by atoms with Crippen molar-refractivity contribution in [3.63, 3.8) is 0 Å². The van der Waals surface area contributed by atoms with Crippen molar-refractivity contribution in [2.45, 2.75) is 51.2 Å². The third kappa shape index (κ3) is 2.31. The molecule has 2 bridgehead atoms. The summed E-state index contributed by atoms with van der Waals surface area (Å²) in [7, 11) is 1.61. The summed E-state index contributed by atoms with van der Waals surface area (Å²) < 4.78 is 5.18. The van der Waals surface area contributed by atoms with Crippen molar-refractivity contribution in [1.82, 2.24) is 4.90 Å². The lowest BCUT2D eigenvalue weighted by molar-refractivity contribution is 0.0265. The van der Waals surface area contributed by atoms with E-state index in [4.69, 9.17) is 4.74 Å². The molecule has 1 aromatic rings. The van der Waals surface area contributed by atoms with Gasteiger partial charge < -0.3 is 9.84 Å². The molecule has 0 amide bonds. The molecule has 0 spiro atoms. The van der Waals surface area contributed by atoms with Gasteiger partial charge in [0.1, 0.15) is 5.75 Å². The fourth-order valence-electron chi connectivity index (χ4n) is 4.76. The number of ketones is 1. The van der Waals surface area contributed by atoms with E-state index in [-0.39, 0.29) is 28.9 Å². The van der Waals surface area contributed by atoms with Gasteiger partial charge in [0.25, 0.3) is 0 Å². The number of phenols is 1. The molecule has 2 aliphatic carbocycles. The third-order valence-corrected chi connectivity index (χ3v) is 6.65. The van der Waals surface area contributed by atoms with Crippen LogP contribution in [0.2, 0.25) is 0 Å². The molecule has 1 saturated carbocycles. The van der Waals surface area contributed by atoms with Gasteiger partial charge in [0.05, 0.1) is 12.6 Å². The van der Waals surface area contributed by atoms with Gasteiger partial charge in [-0.05, 0) is 60.8 Å². The monoisotopic (exact) mass is 329 g/mol. The van der Waals surface area contributed by atoms with Gasteiger partial charge in [0, 0.05) is 24.8 Å². The second-order valence-corrected chi connectivity index (χ2v) is 8.16. The van der Waals surface area contributed by atoms with Crippen molar-refractivity contribution in [3.05, 3.63) is 28.8 Å². The van der Waals surface area contributed by atoms with Gasteiger partial charge in [-0.25, -0.2) is 0 Å². The van der Waals surface area contributed by atoms with Crippen molar-refractivity contribution in [3.8, 4) is 5.75 Å². The van der Waals surface area contributed by atoms with Gasteiger partial charge in [-0.1, -0.05) is 13.8 Å². The Hall–Kier alpha value is -1.39. The molecular formula is C20H27NO3. The lowest BCUT2D eigenvalue weighted by Crippen LogP contribution is -2.61. The predicted molar refractivity (Wildman–Crippen MR) is 92.4 cm³/mol. The molecule has 4 rings (SSSR count). The van der Waals surface area contributed by atoms with E-state index in [1.54, 1.807) is 7.11 Å². The first-order valence-electron chi connectivity index (χ1n) is 9.09. The van der Waals surface area contributed by atoms with Crippen LogP contribution < -0.4 is 0 Å². The molecule has 1 aromatic carbocycles. The molecule has 1 saturated heterocycles. The number of likely N-dealkylation sites (tertiary alicyclic amines) is 1. The molecule has 3 aliphatic rings. The number of phenolic OH excluding ortho intramolecular Hbond substituents is 1. The Kier molecular flexibility index (Phi) is 3.73. The molecule has 2 fully saturated rings. The summed E-state index contributed by atoms with van der Waals surface area (Å²) in [5.74, 6) is 1.54. The van der Waals surface area contributed by atoms with E-state index in [0.717, 1.165) is 36.6 Å². The highest BCUT2D eigenvalue weighted by atomic mass is 16.5. The third-order valence-electron chi connectivity index (χ3n) is 6.65. The average Bonchev–Trinajstić information content (AvgIpc) is 3.35. The van der Waals surface area contributed by atoms with E-state index in [1.807, 2.05) is 12.1 Å².